The SMILES string of the molecule is Cc1cccc(C[C@H](O)/C=C/[C@@H]2[C@H]3CC(CSCCCN4CCCCC4)=C[C@H]3C[C@H]2O)c1. The molecule has 1 saturated carbocycles. The largest absolute Gasteiger partial charge is 0.392 e. The Labute approximate surface area is 199 Å². The first kappa shape index (κ1) is 24.1. The summed E-state index contributed by atoms with van der Waals surface area (Å²) in [5, 5.41) is 21.1. The first-order valence-corrected chi connectivity index (χ1v) is 13.8. The molecule has 2 aliphatic carbocycles. The standard InChI is InChI=1S/C28H41NO2S/c1-21-7-5-8-22(15-21)17-25(30)9-10-26-27-18-23(16-24(27)19-28(26)31)20-32-14-6-13-29-11-3-2-4-12-29/h5,7-10,15-16,24-28,30-31H,2-4,6,11-14,17-20H2,1H3/b10-9+/t24-,25+,26+,27-,28+/m0/s1. The highest BCUT2D eigenvalue weighted by Crippen LogP contribution is 2.47. The number of likely N-dealkylation sites (tertiary alicyclic amines) is 1. The van der Waals surface area contributed by atoms with Crippen molar-refractivity contribution in [2.24, 2.45) is 17.8 Å². The third kappa shape index (κ3) is 6.72. The third-order valence-corrected chi connectivity index (χ3v) is 8.68. The highest BCUT2D eigenvalue weighted by atomic mass is 32.2. The molecule has 3 nitrogen and oxygen atoms in total. The number of piperidine rings is 1. The zero-order valence-corrected chi connectivity index (χ0v) is 20.5. The van der Waals surface area contributed by atoms with Crippen molar-refractivity contribution in [2.45, 2.75) is 64.1 Å². The molecule has 3 aliphatic rings. The minimum Gasteiger partial charge on any atom is -0.392 e. The molecule has 2 N–H and O–H groups in total. The van der Waals surface area contributed by atoms with E-state index in [9.17, 15) is 10.2 Å². The number of nitrogens with zero attached hydrogens (tertiary/aromatic N) is 1. The van der Waals surface area contributed by atoms with Crippen molar-refractivity contribution in [1.29, 1.82) is 0 Å². The molecule has 0 spiro atoms. The molecule has 4 heteroatoms. The van der Waals surface area contributed by atoms with Gasteiger partial charge in [-0.2, -0.15) is 11.8 Å². The highest BCUT2D eigenvalue weighted by Gasteiger charge is 2.43. The second kappa shape index (κ2) is 11.9. The number of hydrogen-bond donors (Lipinski definition) is 2. The van der Waals surface area contributed by atoms with Gasteiger partial charge in [-0.1, -0.05) is 60.1 Å². The van der Waals surface area contributed by atoms with Crippen LogP contribution in [0.4, 0.5) is 0 Å². The maximum Gasteiger partial charge on any atom is 0.0761 e. The molecule has 2 fully saturated rings. The average molecular weight is 456 g/mol. The van der Waals surface area contributed by atoms with Gasteiger partial charge in [-0.3, -0.25) is 0 Å². The molecule has 1 saturated heterocycles. The first-order chi connectivity index (χ1) is 15.6. The molecular formula is C28H41NO2S. The van der Waals surface area contributed by atoms with Crippen LogP contribution in [0.5, 0.6) is 0 Å². The molecule has 1 aromatic carbocycles. The molecule has 0 bridgehead atoms. The van der Waals surface area contributed by atoms with Crippen LogP contribution in [0.1, 0.15) is 49.7 Å². The Morgan fingerprint density at radius 3 is 2.88 bits per heavy atom. The summed E-state index contributed by atoms with van der Waals surface area (Å²) in [6.45, 7) is 5.95. The molecule has 32 heavy (non-hydrogen) atoms. The maximum absolute atomic E-state index is 10.6. The van der Waals surface area contributed by atoms with Gasteiger partial charge in [0.25, 0.3) is 0 Å². The Morgan fingerprint density at radius 2 is 2.06 bits per heavy atom. The Kier molecular flexibility index (Phi) is 8.93. The minimum absolute atomic E-state index is 0.171. The fraction of sp³-hybridized carbons (Fsp3) is 0.643. The minimum atomic E-state index is -0.493. The summed E-state index contributed by atoms with van der Waals surface area (Å²) in [6.07, 6.45) is 13.8. The van der Waals surface area contributed by atoms with Crippen LogP contribution in [-0.2, 0) is 6.42 Å². The Hall–Kier alpha value is -1.07. The predicted octanol–water partition coefficient (Wildman–Crippen LogP) is 5.01. The van der Waals surface area contributed by atoms with Crippen molar-refractivity contribution in [2.75, 3.05) is 31.1 Å². The molecule has 1 aliphatic heterocycles. The van der Waals surface area contributed by atoms with Gasteiger partial charge in [-0.15, -0.1) is 0 Å². The van der Waals surface area contributed by atoms with E-state index >= 15 is 0 Å². The van der Waals surface area contributed by atoms with Crippen molar-refractivity contribution in [3.8, 4) is 0 Å². The topological polar surface area (TPSA) is 43.7 Å². The van der Waals surface area contributed by atoms with E-state index in [4.69, 9.17) is 0 Å². The molecule has 0 radical (unpaired) electrons. The molecule has 4 rings (SSSR count). The molecule has 0 amide bonds. The van der Waals surface area contributed by atoms with E-state index in [1.54, 1.807) is 5.57 Å². The normalized spacial score (nSPS) is 29.4. The number of aliphatic hydroxyl groups is 2. The molecular weight excluding hydrogens is 414 g/mol. The Morgan fingerprint density at radius 1 is 1.22 bits per heavy atom. The van der Waals surface area contributed by atoms with Gasteiger partial charge in [-0.25, -0.2) is 0 Å². The van der Waals surface area contributed by atoms with Crippen LogP contribution in [-0.4, -0.2) is 58.5 Å². The zero-order valence-electron chi connectivity index (χ0n) is 19.7. The van der Waals surface area contributed by atoms with Gasteiger partial charge in [0.2, 0.25) is 0 Å². The monoisotopic (exact) mass is 455 g/mol. The van der Waals surface area contributed by atoms with Crippen LogP contribution < -0.4 is 0 Å². The first-order valence-electron chi connectivity index (χ1n) is 12.7. The smallest absolute Gasteiger partial charge is 0.0761 e. The summed E-state index contributed by atoms with van der Waals surface area (Å²) in [5.74, 6) is 3.59. The predicted molar refractivity (Wildman–Crippen MR) is 136 cm³/mol. The second-order valence-electron chi connectivity index (χ2n) is 10.2. The molecule has 0 unspecified atom stereocenters. The number of allylic oxidation sites excluding steroid dienone is 1. The maximum atomic E-state index is 10.6. The summed E-state index contributed by atoms with van der Waals surface area (Å²) in [4.78, 5) is 2.63. The fourth-order valence-electron chi connectivity index (χ4n) is 5.89. The van der Waals surface area contributed by atoms with Crippen molar-refractivity contribution >= 4 is 11.8 Å². The van der Waals surface area contributed by atoms with Gasteiger partial charge in [0, 0.05) is 18.1 Å². The number of benzene rings is 1. The van der Waals surface area contributed by atoms with Crippen LogP contribution in [0, 0.1) is 24.7 Å². The number of rotatable bonds is 10. The van der Waals surface area contributed by atoms with E-state index in [0.717, 1.165) is 24.2 Å². The third-order valence-electron chi connectivity index (χ3n) is 7.53. The molecule has 0 aromatic heterocycles. The number of thioether (sulfide) groups is 1. The van der Waals surface area contributed by atoms with Gasteiger partial charge >= 0.3 is 0 Å². The lowest BCUT2D eigenvalue weighted by Gasteiger charge is -2.26. The van der Waals surface area contributed by atoms with Crippen LogP contribution in [0.15, 0.2) is 48.1 Å². The van der Waals surface area contributed by atoms with Crippen molar-refractivity contribution in [1.82, 2.24) is 4.90 Å². The lowest BCUT2D eigenvalue weighted by atomic mass is 9.89. The van der Waals surface area contributed by atoms with Crippen LogP contribution in [0.25, 0.3) is 0 Å². The van der Waals surface area contributed by atoms with E-state index in [0.29, 0.717) is 18.3 Å². The molecule has 1 aromatic rings. The number of aliphatic hydroxyl groups excluding tert-OH is 2. The highest BCUT2D eigenvalue weighted by molar-refractivity contribution is 7.99. The van der Waals surface area contributed by atoms with E-state index < -0.39 is 6.10 Å². The average Bonchev–Trinajstić information content (AvgIpc) is 3.29. The van der Waals surface area contributed by atoms with E-state index in [1.165, 1.54) is 56.6 Å². The Balaban J connectivity index is 1.19. The van der Waals surface area contributed by atoms with E-state index in [2.05, 4.69) is 53.9 Å². The zero-order chi connectivity index (χ0) is 22.3. The van der Waals surface area contributed by atoms with E-state index in [1.807, 2.05) is 12.1 Å². The summed E-state index contributed by atoms with van der Waals surface area (Å²) in [6, 6.07) is 8.33. The van der Waals surface area contributed by atoms with Crippen LogP contribution in [0.2, 0.25) is 0 Å². The van der Waals surface area contributed by atoms with Crippen molar-refractivity contribution < 1.29 is 10.2 Å². The summed E-state index contributed by atoms with van der Waals surface area (Å²) in [5.41, 5.74) is 3.96. The second-order valence-corrected chi connectivity index (χ2v) is 11.3. The lowest BCUT2D eigenvalue weighted by Crippen LogP contribution is -2.30. The summed E-state index contributed by atoms with van der Waals surface area (Å²) in [7, 11) is 0. The van der Waals surface area contributed by atoms with Gasteiger partial charge < -0.3 is 15.1 Å². The summed E-state index contributed by atoms with van der Waals surface area (Å²) >= 11 is 2.08. The Bertz CT molecular complexity index is 785. The molecule has 5 atom stereocenters. The summed E-state index contributed by atoms with van der Waals surface area (Å²) < 4.78 is 0. The van der Waals surface area contributed by atoms with E-state index in [-0.39, 0.29) is 12.0 Å². The van der Waals surface area contributed by atoms with Gasteiger partial charge in [-0.05, 0) is 81.8 Å². The van der Waals surface area contributed by atoms with Gasteiger partial charge in [0.15, 0.2) is 0 Å². The van der Waals surface area contributed by atoms with Crippen molar-refractivity contribution in [3.05, 3.63) is 59.2 Å². The number of fused-ring (bicyclic) bond motifs is 1. The van der Waals surface area contributed by atoms with Crippen LogP contribution in [0.3, 0.4) is 0 Å². The lowest BCUT2D eigenvalue weighted by molar-refractivity contribution is 0.140. The van der Waals surface area contributed by atoms with Crippen LogP contribution >= 0.6 is 11.8 Å². The van der Waals surface area contributed by atoms with Gasteiger partial charge in [0.05, 0.1) is 12.2 Å². The number of aryl methyl sites for hydroxylation is 1. The van der Waals surface area contributed by atoms with Gasteiger partial charge in [0.1, 0.15) is 0 Å². The molecule has 176 valence electrons. The van der Waals surface area contributed by atoms with Crippen molar-refractivity contribution in [3.63, 3.8) is 0 Å². The fourth-order valence-corrected chi connectivity index (χ4v) is 6.85. The molecule has 1 heterocycles. The quantitative estimate of drug-likeness (QED) is 0.385. The number of hydrogen-bond acceptors (Lipinski definition) is 4.